The SMILES string of the molecule is CC(=O)COC(=O)[C@H](C)NC(=O)OCc1ccccc1. The van der Waals surface area contributed by atoms with Gasteiger partial charge in [-0.25, -0.2) is 9.59 Å². The van der Waals surface area contributed by atoms with Crippen LogP contribution in [-0.4, -0.2) is 30.5 Å². The summed E-state index contributed by atoms with van der Waals surface area (Å²) in [5, 5.41) is 2.33. The van der Waals surface area contributed by atoms with Crippen molar-refractivity contribution < 1.29 is 23.9 Å². The average Bonchev–Trinajstić information content (AvgIpc) is 2.43. The van der Waals surface area contributed by atoms with Crippen LogP contribution in [0.2, 0.25) is 0 Å². The Morgan fingerprint density at radius 2 is 1.80 bits per heavy atom. The summed E-state index contributed by atoms with van der Waals surface area (Å²) in [7, 11) is 0. The molecule has 0 spiro atoms. The Kier molecular flexibility index (Phi) is 6.22. The molecule has 1 aromatic carbocycles. The van der Waals surface area contributed by atoms with Crippen molar-refractivity contribution in [3.63, 3.8) is 0 Å². The fraction of sp³-hybridized carbons (Fsp3) is 0.357. The highest BCUT2D eigenvalue weighted by atomic mass is 16.6. The molecular weight excluding hydrogens is 262 g/mol. The molecule has 1 atom stereocenters. The highest BCUT2D eigenvalue weighted by Gasteiger charge is 2.18. The molecule has 1 aromatic rings. The molecule has 0 fully saturated rings. The van der Waals surface area contributed by atoms with Gasteiger partial charge in [-0.15, -0.1) is 0 Å². The Hall–Kier alpha value is -2.37. The maximum Gasteiger partial charge on any atom is 0.408 e. The van der Waals surface area contributed by atoms with E-state index in [9.17, 15) is 14.4 Å². The van der Waals surface area contributed by atoms with Crippen molar-refractivity contribution in [2.75, 3.05) is 6.61 Å². The number of esters is 1. The van der Waals surface area contributed by atoms with E-state index in [1.165, 1.54) is 13.8 Å². The predicted molar refractivity (Wildman–Crippen MR) is 70.9 cm³/mol. The van der Waals surface area contributed by atoms with Gasteiger partial charge < -0.3 is 14.8 Å². The quantitative estimate of drug-likeness (QED) is 0.797. The lowest BCUT2D eigenvalue weighted by atomic mass is 10.2. The van der Waals surface area contributed by atoms with Gasteiger partial charge in [0.25, 0.3) is 0 Å². The highest BCUT2D eigenvalue weighted by Crippen LogP contribution is 2.01. The number of nitrogens with one attached hydrogen (secondary N) is 1. The number of hydrogen-bond donors (Lipinski definition) is 1. The topological polar surface area (TPSA) is 81.7 Å². The van der Waals surface area contributed by atoms with Crippen molar-refractivity contribution in [3.8, 4) is 0 Å². The molecule has 6 heteroatoms. The summed E-state index contributed by atoms with van der Waals surface area (Å²) >= 11 is 0. The molecule has 0 aliphatic rings. The van der Waals surface area contributed by atoms with E-state index in [0.717, 1.165) is 5.56 Å². The van der Waals surface area contributed by atoms with Gasteiger partial charge >= 0.3 is 12.1 Å². The third-order valence-electron chi connectivity index (χ3n) is 2.32. The van der Waals surface area contributed by atoms with Crippen LogP contribution in [0, 0.1) is 0 Å². The second kappa shape index (κ2) is 7.93. The summed E-state index contributed by atoms with van der Waals surface area (Å²) in [6, 6.07) is 8.28. The molecule has 0 aliphatic heterocycles. The van der Waals surface area contributed by atoms with Crippen LogP contribution in [0.5, 0.6) is 0 Å². The molecule has 1 amide bonds. The van der Waals surface area contributed by atoms with Gasteiger partial charge in [-0.05, 0) is 19.4 Å². The van der Waals surface area contributed by atoms with Crippen LogP contribution in [0.15, 0.2) is 30.3 Å². The summed E-state index contributed by atoms with van der Waals surface area (Å²) in [6.45, 7) is 2.57. The molecule has 0 unspecified atom stereocenters. The zero-order valence-corrected chi connectivity index (χ0v) is 11.4. The molecule has 0 heterocycles. The Labute approximate surface area is 117 Å². The predicted octanol–water partition coefficient (Wildman–Crippen LogP) is 1.43. The molecule has 0 saturated heterocycles. The van der Waals surface area contributed by atoms with Gasteiger partial charge in [0.05, 0.1) is 0 Å². The van der Waals surface area contributed by atoms with Crippen molar-refractivity contribution in [1.82, 2.24) is 5.32 Å². The largest absolute Gasteiger partial charge is 0.456 e. The minimum atomic E-state index is -0.877. The van der Waals surface area contributed by atoms with Crippen LogP contribution < -0.4 is 5.32 Å². The number of carbonyl (C=O) groups excluding carboxylic acids is 3. The Morgan fingerprint density at radius 3 is 2.40 bits per heavy atom. The monoisotopic (exact) mass is 279 g/mol. The van der Waals surface area contributed by atoms with Crippen molar-refractivity contribution in [3.05, 3.63) is 35.9 Å². The summed E-state index contributed by atoms with van der Waals surface area (Å²) in [6.07, 6.45) is -0.721. The Morgan fingerprint density at radius 1 is 1.15 bits per heavy atom. The fourth-order valence-electron chi connectivity index (χ4n) is 1.30. The van der Waals surface area contributed by atoms with Gasteiger partial charge in [0.15, 0.2) is 5.78 Å². The normalized spacial score (nSPS) is 11.3. The number of ketones is 1. The molecule has 108 valence electrons. The molecular formula is C14H17NO5. The maximum atomic E-state index is 11.5. The van der Waals surface area contributed by atoms with E-state index in [4.69, 9.17) is 4.74 Å². The van der Waals surface area contributed by atoms with Crippen LogP contribution in [-0.2, 0) is 25.7 Å². The van der Waals surface area contributed by atoms with Crippen molar-refractivity contribution in [2.24, 2.45) is 0 Å². The highest BCUT2D eigenvalue weighted by molar-refractivity contribution is 5.84. The molecule has 6 nitrogen and oxygen atoms in total. The van der Waals surface area contributed by atoms with E-state index in [1.54, 1.807) is 0 Å². The average molecular weight is 279 g/mol. The number of Topliss-reactive ketones (excluding diaryl/α,β-unsaturated/α-hetero) is 1. The van der Waals surface area contributed by atoms with E-state index >= 15 is 0 Å². The van der Waals surface area contributed by atoms with E-state index in [2.05, 4.69) is 10.1 Å². The first-order valence-corrected chi connectivity index (χ1v) is 6.12. The first-order chi connectivity index (χ1) is 9.49. The number of ether oxygens (including phenoxy) is 2. The molecule has 0 aromatic heterocycles. The molecule has 0 saturated carbocycles. The maximum absolute atomic E-state index is 11.5. The van der Waals surface area contributed by atoms with Gasteiger partial charge in [-0.3, -0.25) is 4.79 Å². The molecule has 20 heavy (non-hydrogen) atoms. The molecule has 1 rings (SSSR count). The van der Waals surface area contributed by atoms with Crippen molar-refractivity contribution in [2.45, 2.75) is 26.5 Å². The van der Waals surface area contributed by atoms with Crippen LogP contribution in [0.3, 0.4) is 0 Å². The molecule has 0 bridgehead atoms. The molecule has 0 radical (unpaired) electrons. The van der Waals surface area contributed by atoms with E-state index in [1.807, 2.05) is 30.3 Å². The van der Waals surface area contributed by atoms with Crippen LogP contribution in [0.1, 0.15) is 19.4 Å². The first kappa shape index (κ1) is 15.7. The number of alkyl carbamates (subject to hydrolysis) is 1. The smallest absolute Gasteiger partial charge is 0.408 e. The van der Waals surface area contributed by atoms with Crippen molar-refractivity contribution >= 4 is 17.8 Å². The van der Waals surface area contributed by atoms with E-state index in [0.29, 0.717) is 0 Å². The summed E-state index contributed by atoms with van der Waals surface area (Å²) in [5.74, 6) is -0.950. The minimum absolute atomic E-state index is 0.113. The van der Waals surface area contributed by atoms with Gasteiger partial charge in [-0.2, -0.15) is 0 Å². The minimum Gasteiger partial charge on any atom is -0.456 e. The van der Waals surface area contributed by atoms with E-state index in [-0.39, 0.29) is 19.0 Å². The molecule has 1 N–H and O–H groups in total. The second-order valence-corrected chi connectivity index (χ2v) is 4.24. The van der Waals surface area contributed by atoms with E-state index < -0.39 is 18.1 Å². The summed E-state index contributed by atoms with van der Waals surface area (Å²) in [4.78, 5) is 33.5. The van der Waals surface area contributed by atoms with Crippen LogP contribution >= 0.6 is 0 Å². The lowest BCUT2D eigenvalue weighted by Gasteiger charge is -2.13. The van der Waals surface area contributed by atoms with Gasteiger partial charge in [0.2, 0.25) is 0 Å². The Balaban J connectivity index is 2.30. The number of rotatable bonds is 6. The van der Waals surface area contributed by atoms with Gasteiger partial charge in [-0.1, -0.05) is 30.3 Å². The number of amides is 1. The summed E-state index contributed by atoms with van der Waals surface area (Å²) in [5.41, 5.74) is 0.842. The fourth-order valence-corrected chi connectivity index (χ4v) is 1.30. The summed E-state index contributed by atoms with van der Waals surface area (Å²) < 4.78 is 9.62. The van der Waals surface area contributed by atoms with Gasteiger partial charge in [0, 0.05) is 0 Å². The standard InChI is InChI=1S/C14H17NO5/c1-10(16)8-19-13(17)11(2)15-14(18)20-9-12-6-4-3-5-7-12/h3-7,11H,8-9H2,1-2H3,(H,15,18)/t11-/m0/s1. The lowest BCUT2D eigenvalue weighted by Crippen LogP contribution is -2.40. The second-order valence-electron chi connectivity index (χ2n) is 4.24. The number of benzene rings is 1. The zero-order valence-electron chi connectivity index (χ0n) is 11.4. The Bertz CT molecular complexity index is 472. The molecule has 0 aliphatic carbocycles. The van der Waals surface area contributed by atoms with Crippen molar-refractivity contribution in [1.29, 1.82) is 0 Å². The third-order valence-corrected chi connectivity index (χ3v) is 2.32. The van der Waals surface area contributed by atoms with Crippen LogP contribution in [0.25, 0.3) is 0 Å². The van der Waals surface area contributed by atoms with Crippen LogP contribution in [0.4, 0.5) is 4.79 Å². The first-order valence-electron chi connectivity index (χ1n) is 6.12. The third kappa shape index (κ3) is 5.99. The van der Waals surface area contributed by atoms with Gasteiger partial charge in [0.1, 0.15) is 19.3 Å². The zero-order chi connectivity index (χ0) is 15.0. The number of carbonyl (C=O) groups is 3. The number of hydrogen-bond acceptors (Lipinski definition) is 5. The lowest BCUT2D eigenvalue weighted by molar-refractivity contribution is -0.149.